The molecular weight excluding hydrogens is 406 g/mol. The Morgan fingerprint density at radius 1 is 1.20 bits per heavy atom. The quantitative estimate of drug-likeness (QED) is 0.780. The number of hydrogen-bond acceptors (Lipinski definition) is 5. The van der Waals surface area contributed by atoms with Crippen LogP contribution in [0.3, 0.4) is 0 Å². The largest absolute Gasteiger partial charge is 0.371 e. The molecule has 3 fully saturated rings. The van der Waals surface area contributed by atoms with Crippen molar-refractivity contribution in [2.24, 2.45) is 0 Å². The maximum Gasteiger partial charge on any atom is 0.254 e. The second-order valence-electron chi connectivity index (χ2n) is 8.52. The second kappa shape index (κ2) is 9.64. The first-order chi connectivity index (χ1) is 14.0. The molecule has 4 rings (SSSR count). The van der Waals surface area contributed by atoms with Crippen molar-refractivity contribution in [3.05, 3.63) is 35.9 Å². The summed E-state index contributed by atoms with van der Waals surface area (Å²) in [7, 11) is 0. The number of halogens is 1. The Hall–Kier alpha value is -1.67. The molecule has 30 heavy (non-hydrogen) atoms. The van der Waals surface area contributed by atoms with Crippen LogP contribution in [0, 0.1) is 0 Å². The van der Waals surface area contributed by atoms with Gasteiger partial charge >= 0.3 is 0 Å². The number of ether oxygens (including phenoxy) is 2. The summed E-state index contributed by atoms with van der Waals surface area (Å²) >= 11 is 0. The maximum atomic E-state index is 13.6. The molecule has 0 radical (unpaired) electrons. The van der Waals surface area contributed by atoms with E-state index in [-0.39, 0.29) is 42.5 Å². The molecule has 2 atom stereocenters. The van der Waals surface area contributed by atoms with Crippen molar-refractivity contribution in [2.75, 3.05) is 39.4 Å². The number of nitrogens with one attached hydrogen (secondary N) is 1. The summed E-state index contributed by atoms with van der Waals surface area (Å²) in [5.41, 5.74) is 0.668. The third-order valence-corrected chi connectivity index (χ3v) is 6.28. The van der Waals surface area contributed by atoms with Gasteiger partial charge in [0.15, 0.2) is 6.10 Å². The number of amides is 2. The summed E-state index contributed by atoms with van der Waals surface area (Å²) in [5, 5.41) is 3.36. The minimum absolute atomic E-state index is 0. The number of morpholine rings is 2. The van der Waals surface area contributed by atoms with Crippen LogP contribution in [0.1, 0.15) is 38.3 Å². The molecule has 1 N–H and O–H groups in total. The zero-order valence-electron chi connectivity index (χ0n) is 17.7. The molecule has 7 nitrogen and oxygen atoms in total. The summed E-state index contributed by atoms with van der Waals surface area (Å²) < 4.78 is 12.0. The van der Waals surface area contributed by atoms with Crippen molar-refractivity contribution in [3.63, 3.8) is 0 Å². The highest BCUT2D eigenvalue weighted by molar-refractivity contribution is 5.87. The fourth-order valence-corrected chi connectivity index (χ4v) is 4.83. The molecule has 0 aromatic heterocycles. The lowest BCUT2D eigenvalue weighted by molar-refractivity contribution is -0.181. The monoisotopic (exact) mass is 437 g/mol. The van der Waals surface area contributed by atoms with E-state index in [1.165, 1.54) is 0 Å². The molecule has 0 aliphatic carbocycles. The van der Waals surface area contributed by atoms with Crippen LogP contribution in [0.4, 0.5) is 0 Å². The molecule has 1 aromatic carbocycles. The molecule has 3 heterocycles. The fourth-order valence-electron chi connectivity index (χ4n) is 4.83. The normalized spacial score (nSPS) is 26.6. The minimum Gasteiger partial charge on any atom is -0.371 e. The first-order valence-electron chi connectivity index (χ1n) is 10.6. The summed E-state index contributed by atoms with van der Waals surface area (Å²) in [6.07, 6.45) is 1.11. The molecular formula is C22H32ClN3O4. The number of nitrogens with zero attached hydrogens (tertiary/aromatic N) is 2. The Bertz CT molecular complexity index is 734. The third-order valence-electron chi connectivity index (χ3n) is 6.28. The van der Waals surface area contributed by atoms with Gasteiger partial charge in [-0.15, -0.1) is 12.4 Å². The van der Waals surface area contributed by atoms with Crippen LogP contribution in [0.15, 0.2) is 30.3 Å². The first kappa shape index (κ1) is 23.0. The summed E-state index contributed by atoms with van der Waals surface area (Å²) in [6.45, 7) is 7.42. The van der Waals surface area contributed by atoms with E-state index in [9.17, 15) is 9.59 Å². The highest BCUT2D eigenvalue weighted by Crippen LogP contribution is 2.34. The van der Waals surface area contributed by atoms with Gasteiger partial charge in [-0.1, -0.05) is 30.3 Å². The number of rotatable bonds is 3. The van der Waals surface area contributed by atoms with Crippen molar-refractivity contribution >= 4 is 24.2 Å². The molecule has 3 aliphatic rings. The van der Waals surface area contributed by atoms with Gasteiger partial charge in [0.1, 0.15) is 6.61 Å². The topological polar surface area (TPSA) is 71.1 Å². The lowest BCUT2D eigenvalue weighted by Crippen LogP contribution is -2.62. The van der Waals surface area contributed by atoms with Gasteiger partial charge in [0.05, 0.1) is 18.2 Å². The Kier molecular flexibility index (Phi) is 7.39. The van der Waals surface area contributed by atoms with E-state index in [2.05, 4.69) is 5.32 Å². The van der Waals surface area contributed by atoms with Crippen molar-refractivity contribution in [3.8, 4) is 0 Å². The maximum absolute atomic E-state index is 13.6. The van der Waals surface area contributed by atoms with E-state index in [1.54, 1.807) is 0 Å². The zero-order chi connectivity index (χ0) is 20.4. The molecule has 0 saturated carbocycles. The average Bonchev–Trinajstić information content (AvgIpc) is 2.74. The van der Waals surface area contributed by atoms with E-state index in [0.29, 0.717) is 19.7 Å². The van der Waals surface area contributed by atoms with Crippen molar-refractivity contribution in [1.29, 1.82) is 0 Å². The predicted octanol–water partition coefficient (Wildman–Crippen LogP) is 1.77. The van der Waals surface area contributed by atoms with Crippen molar-refractivity contribution in [2.45, 2.75) is 50.5 Å². The van der Waals surface area contributed by atoms with E-state index in [4.69, 9.17) is 9.47 Å². The van der Waals surface area contributed by atoms with Crippen LogP contribution in [0.2, 0.25) is 0 Å². The summed E-state index contributed by atoms with van der Waals surface area (Å²) in [6, 6.07) is 9.31. The lowest BCUT2D eigenvalue weighted by atomic mass is 9.89. The van der Waals surface area contributed by atoms with Crippen molar-refractivity contribution in [1.82, 2.24) is 15.1 Å². The molecule has 166 valence electrons. The van der Waals surface area contributed by atoms with Gasteiger partial charge in [-0.3, -0.25) is 9.59 Å². The molecule has 0 bridgehead atoms. The SMILES string of the molecule is CC(C)N1C(=O)CO[C@H](C(=O)N2CCOC3(CCNCC3)C2)[C@H]1c1ccccc1.Cl. The Balaban J connectivity index is 0.00000256. The van der Waals surface area contributed by atoms with Crippen LogP contribution in [0.5, 0.6) is 0 Å². The number of carbonyl (C=O) groups excluding carboxylic acids is 2. The number of hydrogen-bond donors (Lipinski definition) is 1. The van der Waals surface area contributed by atoms with E-state index in [0.717, 1.165) is 31.5 Å². The van der Waals surface area contributed by atoms with E-state index < -0.39 is 12.1 Å². The first-order valence-corrected chi connectivity index (χ1v) is 10.6. The molecule has 8 heteroatoms. The highest BCUT2D eigenvalue weighted by Gasteiger charge is 2.47. The van der Waals surface area contributed by atoms with Crippen molar-refractivity contribution < 1.29 is 19.1 Å². The van der Waals surface area contributed by atoms with Gasteiger partial charge in [0.25, 0.3) is 5.91 Å². The third kappa shape index (κ3) is 4.49. The van der Waals surface area contributed by atoms with Crippen LogP contribution in [-0.4, -0.2) is 78.8 Å². The Morgan fingerprint density at radius 2 is 1.90 bits per heavy atom. The average molecular weight is 438 g/mol. The number of carbonyl (C=O) groups is 2. The van der Waals surface area contributed by atoms with Gasteiger partial charge in [-0.25, -0.2) is 0 Å². The standard InChI is InChI=1S/C22H31N3O4.ClH/c1-16(2)25-18(26)14-28-20(19(25)17-6-4-3-5-7-17)21(27)24-12-13-29-22(15-24)8-10-23-11-9-22;/h3-7,16,19-20,23H,8-15H2,1-2H3;1H/t19-,20+;/m1./s1. The number of benzene rings is 1. The lowest BCUT2D eigenvalue weighted by Gasteiger charge is -2.48. The molecule has 1 aromatic rings. The van der Waals surface area contributed by atoms with Gasteiger partial charge in [0, 0.05) is 19.1 Å². The van der Waals surface area contributed by atoms with Gasteiger partial charge in [-0.2, -0.15) is 0 Å². The Labute approximate surface area is 184 Å². The van der Waals surface area contributed by atoms with Crippen LogP contribution >= 0.6 is 12.4 Å². The second-order valence-corrected chi connectivity index (χ2v) is 8.52. The minimum atomic E-state index is -0.700. The molecule has 3 saturated heterocycles. The summed E-state index contributed by atoms with van der Waals surface area (Å²) in [5.74, 6) is -0.118. The van der Waals surface area contributed by atoms with E-state index >= 15 is 0 Å². The van der Waals surface area contributed by atoms with Gasteiger partial charge in [0.2, 0.25) is 5.91 Å². The predicted molar refractivity (Wildman–Crippen MR) is 116 cm³/mol. The molecule has 0 unspecified atom stereocenters. The van der Waals surface area contributed by atoms with E-state index in [1.807, 2.05) is 54.0 Å². The molecule has 1 spiro atoms. The van der Waals surface area contributed by atoms with Gasteiger partial charge in [-0.05, 0) is 45.3 Å². The molecule has 2 amide bonds. The summed E-state index contributed by atoms with van der Waals surface area (Å²) in [4.78, 5) is 30.0. The number of piperidine rings is 1. The van der Waals surface area contributed by atoms with Crippen LogP contribution < -0.4 is 5.32 Å². The van der Waals surface area contributed by atoms with Gasteiger partial charge < -0.3 is 24.6 Å². The molecule has 3 aliphatic heterocycles. The zero-order valence-corrected chi connectivity index (χ0v) is 18.5. The van der Waals surface area contributed by atoms with Crippen LogP contribution in [-0.2, 0) is 19.1 Å². The Morgan fingerprint density at radius 3 is 2.57 bits per heavy atom. The highest BCUT2D eigenvalue weighted by atomic mass is 35.5. The van der Waals surface area contributed by atoms with Crippen LogP contribution in [0.25, 0.3) is 0 Å². The smallest absolute Gasteiger partial charge is 0.254 e. The fraction of sp³-hybridized carbons (Fsp3) is 0.636.